The molecule has 2 N–H and O–H groups in total. The summed E-state index contributed by atoms with van der Waals surface area (Å²) >= 11 is 0. The van der Waals surface area contributed by atoms with Crippen molar-refractivity contribution in [3.05, 3.63) is 35.4 Å². The van der Waals surface area contributed by atoms with Crippen LogP contribution >= 0.6 is 0 Å². The first-order chi connectivity index (χ1) is 8.04. The van der Waals surface area contributed by atoms with Crippen molar-refractivity contribution in [1.82, 2.24) is 5.32 Å². The van der Waals surface area contributed by atoms with E-state index in [9.17, 15) is 13.6 Å². The molecule has 0 aliphatic heterocycles. The first-order valence-electron chi connectivity index (χ1n) is 5.33. The zero-order chi connectivity index (χ0) is 12.8. The lowest BCUT2D eigenvalue weighted by Crippen LogP contribution is -2.27. The van der Waals surface area contributed by atoms with Crippen molar-refractivity contribution >= 4 is 5.91 Å². The molecule has 0 spiro atoms. The predicted octanol–water partition coefficient (Wildman–Crippen LogP) is 2.18. The summed E-state index contributed by atoms with van der Waals surface area (Å²) in [6.07, 6.45) is -2.51. The van der Waals surface area contributed by atoms with E-state index in [-0.39, 0.29) is 30.5 Å². The predicted molar refractivity (Wildman–Crippen MR) is 59.7 cm³/mol. The Morgan fingerprint density at radius 1 is 1.41 bits per heavy atom. The van der Waals surface area contributed by atoms with E-state index in [1.165, 1.54) is 18.2 Å². The molecule has 1 aromatic carbocycles. The lowest BCUT2D eigenvalue weighted by Gasteiger charge is -2.15. The van der Waals surface area contributed by atoms with Crippen LogP contribution in [-0.4, -0.2) is 17.6 Å². The van der Waals surface area contributed by atoms with Crippen LogP contribution in [-0.2, 0) is 4.79 Å². The van der Waals surface area contributed by atoms with E-state index in [2.05, 4.69) is 5.32 Å². The van der Waals surface area contributed by atoms with Gasteiger partial charge in [-0.25, -0.2) is 8.78 Å². The van der Waals surface area contributed by atoms with Crippen LogP contribution in [0.5, 0.6) is 0 Å². The highest BCUT2D eigenvalue weighted by molar-refractivity contribution is 5.76. The highest BCUT2D eigenvalue weighted by Crippen LogP contribution is 2.22. The first-order valence-corrected chi connectivity index (χ1v) is 5.33. The quantitative estimate of drug-likeness (QED) is 0.832. The van der Waals surface area contributed by atoms with Gasteiger partial charge >= 0.3 is 0 Å². The average Bonchev–Trinajstić information content (AvgIpc) is 2.29. The molecule has 94 valence electrons. The van der Waals surface area contributed by atoms with Gasteiger partial charge in [0.25, 0.3) is 6.43 Å². The Morgan fingerprint density at radius 2 is 2.06 bits per heavy atom. The van der Waals surface area contributed by atoms with Gasteiger partial charge in [0.1, 0.15) is 0 Å². The summed E-state index contributed by atoms with van der Waals surface area (Å²) in [5.74, 6) is -0.303. The highest BCUT2D eigenvalue weighted by Gasteiger charge is 2.12. The molecule has 0 aromatic heterocycles. The molecule has 0 fully saturated rings. The fourth-order valence-corrected chi connectivity index (χ4v) is 1.46. The second-order valence-corrected chi connectivity index (χ2v) is 3.73. The van der Waals surface area contributed by atoms with Crippen molar-refractivity contribution in [3.63, 3.8) is 0 Å². The van der Waals surface area contributed by atoms with Crippen molar-refractivity contribution in [2.75, 3.05) is 6.61 Å². The van der Waals surface area contributed by atoms with E-state index >= 15 is 0 Å². The van der Waals surface area contributed by atoms with E-state index in [1.54, 1.807) is 13.0 Å². The Bertz CT molecular complexity index is 383. The standard InChI is InChI=1S/C12H15F2NO2/c1-8(15-11(17)5-6-16)9-3-2-4-10(7-9)12(13)14/h2-4,7-8,12,16H,5-6H2,1H3,(H,15,17)/t8-/m1/s1. The number of nitrogens with one attached hydrogen (secondary N) is 1. The summed E-state index contributed by atoms with van der Waals surface area (Å²) in [4.78, 5) is 11.2. The molecule has 0 unspecified atom stereocenters. The Kier molecular flexibility index (Phi) is 5.03. The number of carbonyl (C=O) groups excluding carboxylic acids is 1. The number of hydrogen-bond acceptors (Lipinski definition) is 2. The molecular weight excluding hydrogens is 228 g/mol. The summed E-state index contributed by atoms with van der Waals surface area (Å²) in [5.41, 5.74) is 0.555. The number of alkyl halides is 2. The third-order valence-electron chi connectivity index (χ3n) is 2.38. The molecule has 1 amide bonds. The molecule has 0 bridgehead atoms. The molecule has 0 heterocycles. The van der Waals surface area contributed by atoms with E-state index in [1.807, 2.05) is 0 Å². The van der Waals surface area contributed by atoms with Crippen molar-refractivity contribution in [2.24, 2.45) is 0 Å². The molecular formula is C12H15F2NO2. The Morgan fingerprint density at radius 3 is 2.65 bits per heavy atom. The van der Waals surface area contributed by atoms with Crippen LogP contribution in [0.1, 0.15) is 36.9 Å². The van der Waals surface area contributed by atoms with Crippen molar-refractivity contribution in [2.45, 2.75) is 25.8 Å². The summed E-state index contributed by atoms with van der Waals surface area (Å²) in [6.45, 7) is 1.48. The number of halogens is 2. The van der Waals surface area contributed by atoms with E-state index in [0.717, 1.165) is 0 Å². The second kappa shape index (κ2) is 6.30. The Balaban J connectivity index is 2.71. The molecule has 5 heteroatoms. The monoisotopic (exact) mass is 243 g/mol. The lowest BCUT2D eigenvalue weighted by atomic mass is 10.1. The second-order valence-electron chi connectivity index (χ2n) is 3.73. The van der Waals surface area contributed by atoms with Gasteiger partial charge in [-0.2, -0.15) is 0 Å². The van der Waals surface area contributed by atoms with Crippen LogP contribution in [0.25, 0.3) is 0 Å². The lowest BCUT2D eigenvalue weighted by molar-refractivity contribution is -0.122. The van der Waals surface area contributed by atoms with Gasteiger partial charge in [-0.3, -0.25) is 4.79 Å². The largest absolute Gasteiger partial charge is 0.396 e. The number of aliphatic hydroxyl groups is 1. The van der Waals surface area contributed by atoms with Gasteiger partial charge in [-0.15, -0.1) is 0 Å². The summed E-state index contributed by atoms with van der Waals surface area (Å²) in [6, 6.07) is 5.57. The van der Waals surface area contributed by atoms with E-state index in [0.29, 0.717) is 5.56 Å². The number of benzene rings is 1. The van der Waals surface area contributed by atoms with E-state index < -0.39 is 6.43 Å². The van der Waals surface area contributed by atoms with Crippen LogP contribution < -0.4 is 5.32 Å². The maximum atomic E-state index is 12.5. The molecule has 17 heavy (non-hydrogen) atoms. The zero-order valence-corrected chi connectivity index (χ0v) is 9.49. The molecule has 0 radical (unpaired) electrons. The zero-order valence-electron chi connectivity index (χ0n) is 9.49. The molecule has 3 nitrogen and oxygen atoms in total. The van der Waals surface area contributed by atoms with Crippen molar-refractivity contribution < 1.29 is 18.7 Å². The Labute approximate surface area is 98.5 Å². The molecule has 0 saturated carbocycles. The normalized spacial score (nSPS) is 12.5. The molecule has 0 saturated heterocycles. The number of amides is 1. The third-order valence-corrected chi connectivity index (χ3v) is 2.38. The van der Waals surface area contributed by atoms with E-state index in [4.69, 9.17) is 5.11 Å². The fourth-order valence-electron chi connectivity index (χ4n) is 1.46. The SMILES string of the molecule is C[C@@H](NC(=O)CCO)c1cccc(C(F)F)c1. The van der Waals surface area contributed by atoms with Crippen LogP contribution in [0.2, 0.25) is 0 Å². The minimum absolute atomic E-state index is 0.0128. The Hall–Kier alpha value is -1.49. The van der Waals surface area contributed by atoms with Crippen LogP contribution in [0.15, 0.2) is 24.3 Å². The van der Waals surface area contributed by atoms with Crippen LogP contribution in [0.4, 0.5) is 8.78 Å². The first kappa shape index (κ1) is 13.6. The third kappa shape index (κ3) is 4.11. The number of aliphatic hydroxyl groups excluding tert-OH is 1. The smallest absolute Gasteiger partial charge is 0.263 e. The van der Waals surface area contributed by atoms with Gasteiger partial charge < -0.3 is 10.4 Å². The molecule has 1 rings (SSSR count). The van der Waals surface area contributed by atoms with Crippen molar-refractivity contribution in [1.29, 1.82) is 0 Å². The van der Waals surface area contributed by atoms with Crippen LogP contribution in [0.3, 0.4) is 0 Å². The molecule has 1 atom stereocenters. The van der Waals surface area contributed by atoms with Gasteiger partial charge in [-0.1, -0.05) is 18.2 Å². The maximum absolute atomic E-state index is 12.5. The summed E-state index contributed by atoms with van der Waals surface area (Å²) in [7, 11) is 0. The van der Waals surface area contributed by atoms with Gasteiger partial charge in [-0.05, 0) is 18.6 Å². The number of hydrogen-bond donors (Lipinski definition) is 2. The number of carbonyl (C=O) groups is 1. The fraction of sp³-hybridized carbons (Fsp3) is 0.417. The van der Waals surface area contributed by atoms with Crippen LogP contribution in [0, 0.1) is 0 Å². The number of rotatable bonds is 5. The molecule has 0 aliphatic carbocycles. The highest BCUT2D eigenvalue weighted by atomic mass is 19.3. The van der Waals surface area contributed by atoms with Crippen molar-refractivity contribution in [3.8, 4) is 0 Å². The summed E-state index contributed by atoms with van der Waals surface area (Å²) in [5, 5.41) is 11.2. The minimum Gasteiger partial charge on any atom is -0.396 e. The molecule has 0 aliphatic rings. The summed E-state index contributed by atoms with van der Waals surface area (Å²) < 4.78 is 24.9. The molecule has 1 aromatic rings. The van der Waals surface area contributed by atoms with Gasteiger partial charge in [0.05, 0.1) is 12.6 Å². The van der Waals surface area contributed by atoms with Gasteiger partial charge in [0.15, 0.2) is 0 Å². The van der Waals surface area contributed by atoms with Gasteiger partial charge in [0.2, 0.25) is 5.91 Å². The maximum Gasteiger partial charge on any atom is 0.263 e. The van der Waals surface area contributed by atoms with Gasteiger partial charge in [0, 0.05) is 12.0 Å². The topological polar surface area (TPSA) is 49.3 Å². The average molecular weight is 243 g/mol. The minimum atomic E-state index is -2.52.